The maximum atomic E-state index is 13.0. The van der Waals surface area contributed by atoms with E-state index in [9.17, 15) is 38.2 Å². The van der Waals surface area contributed by atoms with Gasteiger partial charge in [0.1, 0.15) is 6.54 Å². The molecule has 1 N–H and O–H groups in total. The van der Waals surface area contributed by atoms with Crippen molar-refractivity contribution in [1.29, 1.82) is 0 Å². The monoisotopic (exact) mass is 360 g/mol. The minimum Gasteiger partial charge on any atom is -0.390 e. The van der Waals surface area contributed by atoms with Crippen LogP contribution < -0.4 is 5.32 Å². The first-order chi connectivity index (χ1) is 11.6. The molecule has 0 aliphatic carbocycles. The summed E-state index contributed by atoms with van der Waals surface area (Å²) in [5, 5.41) is 26.3. The second-order valence-electron chi connectivity index (χ2n) is 4.53. The Labute approximate surface area is 135 Å². The average molecular weight is 360 g/mol. The molecule has 2 aromatic rings. The molecule has 0 aliphatic rings. The quantitative estimate of drug-likeness (QED) is 0.631. The van der Waals surface area contributed by atoms with E-state index < -0.39 is 51.4 Å². The highest BCUT2D eigenvalue weighted by Crippen LogP contribution is 2.37. The van der Waals surface area contributed by atoms with Crippen LogP contribution in [0.3, 0.4) is 0 Å². The van der Waals surface area contributed by atoms with Gasteiger partial charge in [0, 0.05) is 17.2 Å². The molecule has 1 amide bonds. The number of halogens is 3. The first-order valence-corrected chi connectivity index (χ1v) is 6.27. The fourth-order valence-electron chi connectivity index (χ4n) is 1.77. The number of hydrogen-bond donors (Lipinski definition) is 1. The Bertz CT molecular complexity index is 849. The molecule has 11 nitrogen and oxygen atoms in total. The summed E-state index contributed by atoms with van der Waals surface area (Å²) in [6, 6.07) is 1.82. The lowest BCUT2D eigenvalue weighted by Crippen LogP contribution is -2.21. The molecule has 14 heteroatoms. The molecule has 0 spiro atoms. The number of non-ortho nitro benzene ring substituents is 1. The number of nitrogens with zero attached hydrogens (tertiary/aromatic N) is 5. The van der Waals surface area contributed by atoms with Crippen molar-refractivity contribution in [3.05, 3.63) is 50.3 Å². The standard InChI is InChI=1S/C11H7F3N6O5/c12-11(13,14)7-3-6(19(22)23)1-2-8(7)16-9(21)4-18-5-15-10(17-18)20(24)25/h1-3,5H,4H2,(H,16,21). The van der Waals surface area contributed by atoms with E-state index in [0.29, 0.717) is 0 Å². The number of carbonyl (C=O) groups is 1. The van der Waals surface area contributed by atoms with E-state index in [-0.39, 0.29) is 6.07 Å². The summed E-state index contributed by atoms with van der Waals surface area (Å²) >= 11 is 0. The predicted molar refractivity (Wildman–Crippen MR) is 73.4 cm³/mol. The zero-order chi connectivity index (χ0) is 18.8. The average Bonchev–Trinajstić information content (AvgIpc) is 2.94. The van der Waals surface area contributed by atoms with Crippen molar-refractivity contribution < 1.29 is 27.8 Å². The van der Waals surface area contributed by atoms with E-state index in [1.54, 1.807) is 0 Å². The fraction of sp³-hybridized carbons (Fsp3) is 0.182. The minimum atomic E-state index is -4.94. The van der Waals surface area contributed by atoms with E-state index >= 15 is 0 Å². The number of aromatic nitrogens is 3. The second-order valence-corrected chi connectivity index (χ2v) is 4.53. The lowest BCUT2D eigenvalue weighted by atomic mass is 10.1. The molecule has 0 bridgehead atoms. The molecule has 0 saturated carbocycles. The summed E-state index contributed by atoms with van der Waals surface area (Å²) in [7, 11) is 0. The molecule has 0 unspecified atom stereocenters. The molecule has 1 aromatic carbocycles. The number of nitro groups is 2. The molecule has 132 valence electrons. The number of nitrogens with one attached hydrogen (secondary N) is 1. The van der Waals surface area contributed by atoms with Gasteiger partial charge >= 0.3 is 12.1 Å². The molecular weight excluding hydrogens is 353 g/mol. The smallest absolute Gasteiger partial charge is 0.390 e. The number of benzene rings is 1. The summed E-state index contributed by atoms with van der Waals surface area (Å²) < 4.78 is 39.7. The van der Waals surface area contributed by atoms with Gasteiger partial charge in [0.2, 0.25) is 12.2 Å². The summed E-state index contributed by atoms with van der Waals surface area (Å²) in [6.07, 6.45) is -4.08. The van der Waals surface area contributed by atoms with Crippen LogP contribution in [0.2, 0.25) is 0 Å². The van der Waals surface area contributed by atoms with Gasteiger partial charge in [0.15, 0.2) is 0 Å². The van der Waals surface area contributed by atoms with Gasteiger partial charge in [-0.2, -0.15) is 17.9 Å². The number of amides is 1. The van der Waals surface area contributed by atoms with Crippen molar-refractivity contribution in [3.63, 3.8) is 0 Å². The van der Waals surface area contributed by atoms with Crippen molar-refractivity contribution in [2.45, 2.75) is 12.7 Å². The highest BCUT2D eigenvalue weighted by molar-refractivity contribution is 5.91. The third-order valence-corrected chi connectivity index (χ3v) is 2.79. The Morgan fingerprint density at radius 2 is 1.92 bits per heavy atom. The van der Waals surface area contributed by atoms with Crippen molar-refractivity contribution in [1.82, 2.24) is 14.8 Å². The van der Waals surface area contributed by atoms with Crippen molar-refractivity contribution >= 4 is 23.2 Å². The Hall–Kier alpha value is -3.58. The van der Waals surface area contributed by atoms with E-state index in [1.807, 2.05) is 5.32 Å². The largest absolute Gasteiger partial charge is 0.490 e. The summed E-state index contributed by atoms with van der Waals surface area (Å²) in [4.78, 5) is 34.2. The van der Waals surface area contributed by atoms with Gasteiger partial charge in [-0.05, 0) is 11.0 Å². The van der Waals surface area contributed by atoms with Crippen LogP contribution in [0.4, 0.5) is 30.5 Å². The Balaban J connectivity index is 2.21. The van der Waals surface area contributed by atoms with Crippen LogP contribution in [0.5, 0.6) is 0 Å². The second kappa shape index (κ2) is 6.50. The number of rotatable bonds is 5. The van der Waals surface area contributed by atoms with E-state index in [0.717, 1.165) is 23.1 Å². The highest BCUT2D eigenvalue weighted by atomic mass is 19.4. The third kappa shape index (κ3) is 4.24. The maximum Gasteiger partial charge on any atom is 0.490 e. The van der Waals surface area contributed by atoms with Gasteiger partial charge in [-0.25, -0.2) is 0 Å². The van der Waals surface area contributed by atoms with Crippen LogP contribution in [0.15, 0.2) is 24.5 Å². The summed E-state index contributed by atoms with van der Waals surface area (Å²) in [5.41, 5.74) is -2.89. The molecule has 25 heavy (non-hydrogen) atoms. The van der Waals surface area contributed by atoms with Gasteiger partial charge < -0.3 is 15.4 Å². The Morgan fingerprint density at radius 1 is 1.24 bits per heavy atom. The molecule has 0 saturated heterocycles. The van der Waals surface area contributed by atoms with Gasteiger partial charge in [-0.15, -0.1) is 0 Å². The lowest BCUT2D eigenvalue weighted by Gasteiger charge is -2.13. The predicted octanol–water partition coefficient (Wildman–Crippen LogP) is 1.75. The zero-order valence-electron chi connectivity index (χ0n) is 11.9. The van der Waals surface area contributed by atoms with Crippen molar-refractivity contribution in [3.8, 4) is 0 Å². The SMILES string of the molecule is O=C(Cn1cnc([N+](=O)[O-])n1)Nc1ccc([N+](=O)[O-])cc1C(F)(F)F. The van der Waals surface area contributed by atoms with E-state index in [1.165, 1.54) is 0 Å². The Kier molecular flexibility index (Phi) is 4.62. The Morgan fingerprint density at radius 3 is 2.44 bits per heavy atom. The minimum absolute atomic E-state index is 0.288. The molecule has 1 aromatic heterocycles. The van der Waals surface area contributed by atoms with Gasteiger partial charge in [0.05, 0.1) is 16.2 Å². The highest BCUT2D eigenvalue weighted by Gasteiger charge is 2.35. The van der Waals surface area contributed by atoms with Crippen LogP contribution in [0.25, 0.3) is 0 Å². The van der Waals surface area contributed by atoms with Gasteiger partial charge in [-0.3, -0.25) is 14.9 Å². The van der Waals surface area contributed by atoms with Crippen LogP contribution >= 0.6 is 0 Å². The van der Waals surface area contributed by atoms with Crippen LogP contribution in [-0.2, 0) is 17.5 Å². The normalized spacial score (nSPS) is 11.2. The number of nitro benzene ring substituents is 1. The number of hydrogen-bond acceptors (Lipinski definition) is 7. The van der Waals surface area contributed by atoms with Crippen molar-refractivity contribution in [2.75, 3.05) is 5.32 Å². The zero-order valence-corrected chi connectivity index (χ0v) is 11.9. The van der Waals surface area contributed by atoms with Crippen LogP contribution in [-0.4, -0.2) is 30.5 Å². The van der Waals surface area contributed by atoms with Crippen LogP contribution in [0.1, 0.15) is 5.56 Å². The maximum absolute atomic E-state index is 13.0. The molecule has 0 atom stereocenters. The number of alkyl halides is 3. The van der Waals surface area contributed by atoms with Crippen LogP contribution in [0, 0.1) is 20.2 Å². The first-order valence-electron chi connectivity index (χ1n) is 6.27. The molecule has 0 fully saturated rings. The van der Waals surface area contributed by atoms with Gasteiger partial charge in [-0.1, -0.05) is 4.98 Å². The summed E-state index contributed by atoms with van der Waals surface area (Å²) in [5.74, 6) is -1.77. The van der Waals surface area contributed by atoms with Crippen molar-refractivity contribution in [2.24, 2.45) is 0 Å². The number of carbonyl (C=O) groups excluding carboxylic acids is 1. The third-order valence-electron chi connectivity index (χ3n) is 2.79. The topological polar surface area (TPSA) is 146 Å². The van der Waals surface area contributed by atoms with E-state index in [4.69, 9.17) is 0 Å². The molecule has 0 radical (unpaired) electrons. The molecule has 2 rings (SSSR count). The number of anilines is 1. The van der Waals surface area contributed by atoms with E-state index in [2.05, 4.69) is 10.1 Å². The van der Waals surface area contributed by atoms with Gasteiger partial charge in [0.25, 0.3) is 5.69 Å². The fourth-order valence-corrected chi connectivity index (χ4v) is 1.77. The lowest BCUT2D eigenvalue weighted by molar-refractivity contribution is -0.394. The molecule has 0 aliphatic heterocycles. The summed E-state index contributed by atoms with van der Waals surface area (Å²) in [6.45, 7) is -0.644. The molecular formula is C11H7F3N6O5. The molecule has 1 heterocycles. The first kappa shape index (κ1) is 17.8.